The maximum Gasteiger partial charge on any atom is 0.130 e. The van der Waals surface area contributed by atoms with E-state index in [9.17, 15) is 0 Å². The molecule has 0 saturated heterocycles. The molecule has 0 atom stereocenters. The van der Waals surface area contributed by atoms with Crippen molar-refractivity contribution in [3.8, 4) is 17.9 Å². The average Bonchev–Trinajstić information content (AvgIpc) is 2.99. The molecule has 0 unspecified atom stereocenters. The first-order valence-corrected chi connectivity index (χ1v) is 6.89. The number of hydrogen-bond donors (Lipinski definition) is 0. The van der Waals surface area contributed by atoms with Crippen LogP contribution in [0.5, 0.6) is 5.75 Å². The average molecular weight is 292 g/mol. The number of aromatic nitrogens is 2. The van der Waals surface area contributed by atoms with Crippen molar-refractivity contribution in [2.24, 2.45) is 0 Å². The molecule has 0 aliphatic rings. The van der Waals surface area contributed by atoms with Gasteiger partial charge in [0.1, 0.15) is 23.5 Å². The molecule has 22 heavy (non-hydrogen) atoms. The van der Waals surface area contributed by atoms with E-state index in [2.05, 4.69) is 4.98 Å². The second kappa shape index (κ2) is 7.10. The van der Waals surface area contributed by atoms with Crippen molar-refractivity contribution in [2.45, 2.75) is 26.5 Å². The number of rotatable bonds is 5. The lowest BCUT2D eigenvalue weighted by atomic mass is 10.1. The first-order chi connectivity index (χ1) is 10.6. The molecule has 2 aromatic rings. The summed E-state index contributed by atoms with van der Waals surface area (Å²) in [6.45, 7) is 4.55. The van der Waals surface area contributed by atoms with Gasteiger partial charge in [0.25, 0.3) is 0 Å². The van der Waals surface area contributed by atoms with Crippen LogP contribution in [0.1, 0.15) is 25.0 Å². The van der Waals surface area contributed by atoms with Gasteiger partial charge in [-0.2, -0.15) is 10.5 Å². The molecular weight excluding hydrogens is 276 g/mol. The summed E-state index contributed by atoms with van der Waals surface area (Å²) in [5, 5.41) is 17.7. The zero-order chi connectivity index (χ0) is 15.9. The van der Waals surface area contributed by atoms with Crippen LogP contribution in [0.25, 0.3) is 6.08 Å². The number of benzene rings is 1. The van der Waals surface area contributed by atoms with Crippen molar-refractivity contribution in [3.63, 3.8) is 0 Å². The van der Waals surface area contributed by atoms with Crippen LogP contribution in [-0.2, 0) is 6.54 Å². The Hall–Kier alpha value is -3.05. The molecule has 0 bridgehead atoms. The van der Waals surface area contributed by atoms with Gasteiger partial charge < -0.3 is 9.30 Å². The minimum Gasteiger partial charge on any atom is -0.491 e. The maximum absolute atomic E-state index is 8.86. The second-order valence-electron chi connectivity index (χ2n) is 5.05. The largest absolute Gasteiger partial charge is 0.491 e. The van der Waals surface area contributed by atoms with Gasteiger partial charge >= 0.3 is 0 Å². The van der Waals surface area contributed by atoms with Crippen LogP contribution in [0.2, 0.25) is 0 Å². The van der Waals surface area contributed by atoms with Gasteiger partial charge in [-0.25, -0.2) is 4.98 Å². The van der Waals surface area contributed by atoms with E-state index in [0.717, 1.165) is 16.9 Å². The van der Waals surface area contributed by atoms with Crippen molar-refractivity contribution in [1.29, 1.82) is 10.5 Å². The standard InChI is InChI=1S/C17H16N4O/c1-13(2)22-17-4-3-14(7-15(9-18)10-19)8-16(17)11-21-6-5-20-12-21/h3-8,12-13H,11H2,1-2H3. The SMILES string of the molecule is CC(C)Oc1ccc(C=C(C#N)C#N)cc1Cn1ccnc1. The molecule has 0 aliphatic carbocycles. The van der Waals surface area contributed by atoms with Gasteiger partial charge in [0.05, 0.1) is 19.0 Å². The number of ether oxygens (including phenoxy) is 1. The van der Waals surface area contributed by atoms with Crippen LogP contribution in [0, 0.1) is 22.7 Å². The molecule has 110 valence electrons. The van der Waals surface area contributed by atoms with E-state index in [1.165, 1.54) is 0 Å². The Balaban J connectivity index is 2.39. The highest BCUT2D eigenvalue weighted by molar-refractivity contribution is 5.63. The third-order valence-electron chi connectivity index (χ3n) is 2.91. The predicted molar refractivity (Wildman–Crippen MR) is 82.7 cm³/mol. The Morgan fingerprint density at radius 1 is 1.36 bits per heavy atom. The Morgan fingerprint density at radius 2 is 2.14 bits per heavy atom. The van der Waals surface area contributed by atoms with Gasteiger partial charge in [-0.15, -0.1) is 0 Å². The molecular formula is C17H16N4O. The summed E-state index contributed by atoms with van der Waals surface area (Å²) in [6, 6.07) is 9.36. The quantitative estimate of drug-likeness (QED) is 0.793. The van der Waals surface area contributed by atoms with Gasteiger partial charge in [-0.3, -0.25) is 0 Å². The molecule has 0 aliphatic heterocycles. The van der Waals surface area contributed by atoms with Crippen molar-refractivity contribution in [2.75, 3.05) is 0 Å². The zero-order valence-electron chi connectivity index (χ0n) is 12.5. The molecule has 1 aromatic carbocycles. The van der Waals surface area contributed by atoms with Gasteiger partial charge in [0, 0.05) is 18.0 Å². The van der Waals surface area contributed by atoms with Crippen molar-refractivity contribution in [1.82, 2.24) is 9.55 Å². The van der Waals surface area contributed by atoms with Crippen LogP contribution >= 0.6 is 0 Å². The van der Waals surface area contributed by atoms with Gasteiger partial charge in [-0.05, 0) is 37.6 Å². The fourth-order valence-electron chi connectivity index (χ4n) is 2.01. The van der Waals surface area contributed by atoms with Crippen molar-refractivity contribution < 1.29 is 4.74 Å². The topological polar surface area (TPSA) is 74.6 Å². The van der Waals surface area contributed by atoms with Gasteiger partial charge in [-0.1, -0.05) is 6.07 Å². The first kappa shape index (κ1) is 15.3. The fourth-order valence-corrected chi connectivity index (χ4v) is 2.01. The number of hydrogen-bond acceptors (Lipinski definition) is 4. The molecule has 0 spiro atoms. The Kier molecular flexibility index (Phi) is 4.95. The number of nitriles is 2. The minimum absolute atomic E-state index is 0.0664. The molecule has 2 rings (SSSR count). The second-order valence-corrected chi connectivity index (χ2v) is 5.05. The van der Waals surface area contributed by atoms with Crippen LogP contribution < -0.4 is 4.74 Å². The summed E-state index contributed by atoms with van der Waals surface area (Å²) in [6.07, 6.45) is 6.96. The number of allylic oxidation sites excluding steroid dienone is 1. The van der Waals surface area contributed by atoms with Crippen molar-refractivity contribution >= 4 is 6.08 Å². The Bertz CT molecular complexity index is 730. The van der Waals surface area contributed by atoms with E-state index < -0.39 is 0 Å². The van der Waals surface area contributed by atoms with Crippen LogP contribution in [0.4, 0.5) is 0 Å². The normalized spacial score (nSPS) is 9.86. The minimum atomic E-state index is 0.0664. The third kappa shape index (κ3) is 3.97. The predicted octanol–water partition coefficient (Wildman–Crippen LogP) is 3.15. The lowest BCUT2D eigenvalue weighted by Gasteiger charge is -2.15. The summed E-state index contributed by atoms with van der Waals surface area (Å²) in [7, 11) is 0. The number of nitrogens with zero attached hydrogens (tertiary/aromatic N) is 4. The van der Waals surface area contributed by atoms with E-state index in [-0.39, 0.29) is 11.7 Å². The highest BCUT2D eigenvalue weighted by atomic mass is 16.5. The monoisotopic (exact) mass is 292 g/mol. The van der Waals surface area contributed by atoms with Gasteiger partial charge in [0.2, 0.25) is 0 Å². The smallest absolute Gasteiger partial charge is 0.130 e. The lowest BCUT2D eigenvalue weighted by molar-refractivity contribution is 0.239. The summed E-state index contributed by atoms with van der Waals surface area (Å²) >= 11 is 0. The van der Waals surface area contributed by atoms with Gasteiger partial charge in [0.15, 0.2) is 0 Å². The molecule has 0 N–H and O–H groups in total. The summed E-state index contributed by atoms with van der Waals surface area (Å²) < 4.78 is 7.76. The molecule has 0 saturated carbocycles. The molecule has 0 fully saturated rings. The molecule has 5 nitrogen and oxygen atoms in total. The Labute approximate surface area is 129 Å². The van der Waals surface area contributed by atoms with Crippen LogP contribution in [0.15, 0.2) is 42.5 Å². The highest BCUT2D eigenvalue weighted by Crippen LogP contribution is 2.24. The molecule has 1 aromatic heterocycles. The zero-order valence-corrected chi connectivity index (χ0v) is 12.5. The molecule has 5 heteroatoms. The van der Waals surface area contributed by atoms with E-state index in [1.54, 1.807) is 18.6 Å². The maximum atomic E-state index is 8.86. The summed E-state index contributed by atoms with van der Waals surface area (Å²) in [4.78, 5) is 4.03. The molecule has 0 radical (unpaired) electrons. The lowest BCUT2D eigenvalue weighted by Crippen LogP contribution is -2.09. The van der Waals surface area contributed by atoms with E-state index >= 15 is 0 Å². The van der Waals surface area contributed by atoms with Crippen LogP contribution in [0.3, 0.4) is 0 Å². The fraction of sp³-hybridized carbons (Fsp3) is 0.235. The first-order valence-electron chi connectivity index (χ1n) is 6.89. The molecule has 0 amide bonds. The third-order valence-corrected chi connectivity index (χ3v) is 2.91. The van der Waals surface area contributed by atoms with E-state index in [1.807, 2.05) is 54.9 Å². The number of imidazole rings is 1. The Morgan fingerprint density at radius 3 is 2.73 bits per heavy atom. The summed E-state index contributed by atoms with van der Waals surface area (Å²) in [5.74, 6) is 0.788. The molecule has 1 heterocycles. The highest BCUT2D eigenvalue weighted by Gasteiger charge is 2.08. The summed E-state index contributed by atoms with van der Waals surface area (Å²) in [5.41, 5.74) is 1.84. The van der Waals surface area contributed by atoms with Crippen molar-refractivity contribution in [3.05, 3.63) is 53.6 Å². The van der Waals surface area contributed by atoms with E-state index in [4.69, 9.17) is 15.3 Å². The van der Waals surface area contributed by atoms with Crippen LogP contribution in [-0.4, -0.2) is 15.7 Å². The van der Waals surface area contributed by atoms with E-state index in [0.29, 0.717) is 6.54 Å².